The van der Waals surface area contributed by atoms with Crippen molar-refractivity contribution >= 4 is 28.5 Å². The fraction of sp³-hybridized carbons (Fsp3) is 0.200. The number of rotatable bonds is 7. The second kappa shape index (κ2) is 9.23. The highest BCUT2D eigenvalue weighted by Crippen LogP contribution is 2.20. The highest BCUT2D eigenvalue weighted by Gasteiger charge is 2.13. The molecule has 1 heterocycles. The molecule has 4 aromatic rings. The monoisotopic (exact) mass is 433 g/mol. The molecule has 158 valence electrons. The summed E-state index contributed by atoms with van der Waals surface area (Å²) in [5.41, 5.74) is 4.74. The van der Waals surface area contributed by atoms with E-state index in [1.54, 1.807) is 24.3 Å². The summed E-state index contributed by atoms with van der Waals surface area (Å²) >= 11 is 5.91. The first-order valence-electron chi connectivity index (χ1n) is 10.2. The smallest absolute Gasteiger partial charge is 0.251 e. The topological polar surface area (TPSA) is 56.1 Å². The van der Waals surface area contributed by atoms with Gasteiger partial charge in [-0.1, -0.05) is 35.9 Å². The van der Waals surface area contributed by atoms with Gasteiger partial charge < -0.3 is 14.6 Å². The third-order valence-corrected chi connectivity index (χ3v) is 5.42. The Morgan fingerprint density at radius 1 is 1.06 bits per heavy atom. The number of amides is 1. The van der Waals surface area contributed by atoms with E-state index in [-0.39, 0.29) is 5.91 Å². The van der Waals surface area contributed by atoms with Crippen molar-refractivity contribution in [2.45, 2.75) is 26.9 Å². The summed E-state index contributed by atoms with van der Waals surface area (Å²) in [4.78, 5) is 17.2. The van der Waals surface area contributed by atoms with Crippen LogP contribution in [0.4, 0.5) is 0 Å². The maximum absolute atomic E-state index is 12.5. The van der Waals surface area contributed by atoms with Crippen molar-refractivity contribution < 1.29 is 9.53 Å². The van der Waals surface area contributed by atoms with Crippen molar-refractivity contribution in [1.82, 2.24) is 14.9 Å². The van der Waals surface area contributed by atoms with Crippen molar-refractivity contribution in [2.24, 2.45) is 0 Å². The van der Waals surface area contributed by atoms with Crippen LogP contribution in [0.3, 0.4) is 0 Å². The molecular formula is C25H24ClN3O2. The van der Waals surface area contributed by atoms with E-state index in [0.717, 1.165) is 28.2 Å². The zero-order valence-corrected chi connectivity index (χ0v) is 18.3. The van der Waals surface area contributed by atoms with Crippen LogP contribution < -0.4 is 10.1 Å². The van der Waals surface area contributed by atoms with Crippen LogP contribution in [0, 0.1) is 13.8 Å². The largest absolute Gasteiger partial charge is 0.491 e. The number of nitrogens with zero attached hydrogens (tertiary/aromatic N) is 2. The van der Waals surface area contributed by atoms with Crippen LogP contribution in [0.15, 0.2) is 66.7 Å². The summed E-state index contributed by atoms with van der Waals surface area (Å²) in [5, 5.41) is 3.55. The molecule has 0 bridgehead atoms. The standard InChI is InChI=1S/C25H24ClN3O2/c1-17-7-8-18(2)23(15-17)31-14-13-29-22-6-4-3-5-21(22)28-24(29)16-27-25(30)19-9-11-20(26)12-10-19/h3-12,15H,13-14,16H2,1-2H3,(H,27,30). The fourth-order valence-electron chi connectivity index (χ4n) is 3.48. The molecule has 3 aromatic carbocycles. The number of aryl methyl sites for hydroxylation is 2. The van der Waals surface area contributed by atoms with Crippen LogP contribution in [0.1, 0.15) is 27.3 Å². The predicted molar refractivity (Wildman–Crippen MR) is 124 cm³/mol. The van der Waals surface area contributed by atoms with Crippen molar-refractivity contribution in [1.29, 1.82) is 0 Å². The van der Waals surface area contributed by atoms with Gasteiger partial charge in [0.05, 0.1) is 24.1 Å². The van der Waals surface area contributed by atoms with E-state index < -0.39 is 0 Å². The van der Waals surface area contributed by atoms with Gasteiger partial charge in [-0.3, -0.25) is 4.79 Å². The lowest BCUT2D eigenvalue weighted by Crippen LogP contribution is -2.25. The summed E-state index contributed by atoms with van der Waals surface area (Å²) in [6.07, 6.45) is 0. The molecule has 0 aliphatic carbocycles. The van der Waals surface area contributed by atoms with Gasteiger partial charge in [-0.2, -0.15) is 0 Å². The molecule has 0 unspecified atom stereocenters. The SMILES string of the molecule is Cc1ccc(C)c(OCCn2c(CNC(=O)c3ccc(Cl)cc3)nc3ccccc32)c1. The van der Waals surface area contributed by atoms with E-state index in [0.29, 0.717) is 30.3 Å². The number of para-hydroxylation sites is 2. The van der Waals surface area contributed by atoms with E-state index in [1.165, 1.54) is 5.56 Å². The van der Waals surface area contributed by atoms with E-state index in [4.69, 9.17) is 21.3 Å². The molecule has 1 N–H and O–H groups in total. The number of halogens is 1. The highest BCUT2D eigenvalue weighted by molar-refractivity contribution is 6.30. The number of aromatic nitrogens is 2. The van der Waals surface area contributed by atoms with Gasteiger partial charge in [0.1, 0.15) is 18.2 Å². The van der Waals surface area contributed by atoms with Gasteiger partial charge in [0.25, 0.3) is 5.91 Å². The van der Waals surface area contributed by atoms with E-state index >= 15 is 0 Å². The maximum Gasteiger partial charge on any atom is 0.251 e. The molecule has 0 saturated carbocycles. The molecule has 0 atom stereocenters. The molecule has 0 spiro atoms. The number of benzene rings is 3. The Bertz CT molecular complexity index is 1220. The summed E-state index contributed by atoms with van der Waals surface area (Å²) in [6.45, 7) is 5.54. The predicted octanol–water partition coefficient (Wildman–Crippen LogP) is 5.32. The molecule has 0 aliphatic heterocycles. The molecule has 0 saturated heterocycles. The second-order valence-electron chi connectivity index (χ2n) is 7.48. The van der Waals surface area contributed by atoms with Crippen LogP contribution in [0.5, 0.6) is 5.75 Å². The zero-order chi connectivity index (χ0) is 21.8. The Morgan fingerprint density at radius 3 is 2.65 bits per heavy atom. The number of hydrogen-bond donors (Lipinski definition) is 1. The minimum absolute atomic E-state index is 0.165. The number of imidazole rings is 1. The van der Waals surface area contributed by atoms with Gasteiger partial charge in [0.2, 0.25) is 0 Å². The van der Waals surface area contributed by atoms with E-state index in [2.05, 4.69) is 35.0 Å². The third-order valence-electron chi connectivity index (χ3n) is 5.16. The van der Waals surface area contributed by atoms with Gasteiger partial charge in [-0.25, -0.2) is 4.98 Å². The number of ether oxygens (including phenoxy) is 1. The van der Waals surface area contributed by atoms with E-state index in [9.17, 15) is 4.79 Å². The Kier molecular flexibility index (Phi) is 6.23. The summed E-state index contributed by atoms with van der Waals surface area (Å²) in [5.74, 6) is 1.51. The normalized spacial score (nSPS) is 10.9. The Labute approximate surface area is 186 Å². The molecule has 1 amide bonds. The van der Waals surface area contributed by atoms with Crippen molar-refractivity contribution in [3.8, 4) is 5.75 Å². The first kappa shape index (κ1) is 20.9. The maximum atomic E-state index is 12.5. The molecule has 0 fully saturated rings. The molecular weight excluding hydrogens is 410 g/mol. The van der Waals surface area contributed by atoms with Crippen molar-refractivity contribution in [3.63, 3.8) is 0 Å². The van der Waals surface area contributed by atoms with Gasteiger partial charge in [0, 0.05) is 10.6 Å². The van der Waals surface area contributed by atoms with Crippen LogP contribution in [-0.2, 0) is 13.1 Å². The van der Waals surface area contributed by atoms with Crippen LogP contribution in [-0.4, -0.2) is 22.1 Å². The highest BCUT2D eigenvalue weighted by atomic mass is 35.5. The second-order valence-corrected chi connectivity index (χ2v) is 7.91. The zero-order valence-electron chi connectivity index (χ0n) is 17.6. The number of hydrogen-bond acceptors (Lipinski definition) is 3. The Hall–Kier alpha value is -3.31. The van der Waals surface area contributed by atoms with Gasteiger partial charge in [-0.15, -0.1) is 0 Å². The van der Waals surface area contributed by atoms with Crippen molar-refractivity contribution in [3.05, 3.63) is 94.3 Å². The molecule has 0 radical (unpaired) electrons. The van der Waals surface area contributed by atoms with Gasteiger partial charge in [-0.05, 0) is 67.4 Å². The Balaban J connectivity index is 1.49. The summed E-state index contributed by atoms with van der Waals surface area (Å²) < 4.78 is 8.15. The number of carbonyl (C=O) groups is 1. The summed E-state index contributed by atoms with van der Waals surface area (Å²) in [6, 6.07) is 21.0. The number of carbonyl (C=O) groups excluding carboxylic acids is 1. The third kappa shape index (κ3) is 4.89. The quantitative estimate of drug-likeness (QED) is 0.429. The van der Waals surface area contributed by atoms with Crippen LogP contribution >= 0.6 is 11.6 Å². The average Bonchev–Trinajstić information content (AvgIpc) is 3.12. The molecule has 6 heteroatoms. The van der Waals surface area contributed by atoms with Gasteiger partial charge in [0.15, 0.2) is 0 Å². The van der Waals surface area contributed by atoms with Crippen molar-refractivity contribution in [2.75, 3.05) is 6.61 Å². The Morgan fingerprint density at radius 2 is 1.84 bits per heavy atom. The number of nitrogens with one attached hydrogen (secondary N) is 1. The van der Waals surface area contributed by atoms with E-state index in [1.807, 2.05) is 31.2 Å². The molecule has 5 nitrogen and oxygen atoms in total. The molecule has 4 rings (SSSR count). The fourth-order valence-corrected chi connectivity index (χ4v) is 3.61. The minimum atomic E-state index is -0.165. The van der Waals surface area contributed by atoms with Crippen LogP contribution in [0.25, 0.3) is 11.0 Å². The molecule has 31 heavy (non-hydrogen) atoms. The first-order chi connectivity index (χ1) is 15.0. The first-order valence-corrected chi connectivity index (χ1v) is 10.6. The number of fused-ring (bicyclic) bond motifs is 1. The summed E-state index contributed by atoms with van der Waals surface area (Å²) in [7, 11) is 0. The molecule has 1 aromatic heterocycles. The van der Waals surface area contributed by atoms with Gasteiger partial charge >= 0.3 is 0 Å². The lowest BCUT2D eigenvalue weighted by Gasteiger charge is -2.13. The molecule has 0 aliphatic rings. The van der Waals surface area contributed by atoms with Crippen LogP contribution in [0.2, 0.25) is 5.02 Å². The lowest BCUT2D eigenvalue weighted by molar-refractivity contribution is 0.0949. The average molecular weight is 434 g/mol. The minimum Gasteiger partial charge on any atom is -0.491 e. The lowest BCUT2D eigenvalue weighted by atomic mass is 10.1.